The maximum Gasteiger partial charge on any atom is 0.306 e. The van der Waals surface area contributed by atoms with Gasteiger partial charge in [-0.25, -0.2) is 9.07 Å². The third-order valence-electron chi connectivity index (χ3n) is 3.57. The molecule has 7 heteroatoms. The number of esters is 1. The quantitative estimate of drug-likeness (QED) is 0.656. The van der Waals surface area contributed by atoms with E-state index in [9.17, 15) is 9.18 Å². The van der Waals surface area contributed by atoms with Crippen molar-refractivity contribution in [2.75, 3.05) is 33.9 Å². The number of nitrogens with zero attached hydrogens (tertiary/aromatic N) is 3. The summed E-state index contributed by atoms with van der Waals surface area (Å²) in [6, 6.07) is 8.14. The van der Waals surface area contributed by atoms with Gasteiger partial charge in [0.1, 0.15) is 5.82 Å². The van der Waals surface area contributed by atoms with Gasteiger partial charge in [0.25, 0.3) is 0 Å². The molecule has 6 nitrogen and oxygen atoms in total. The Bertz CT molecular complexity index is 660. The normalized spacial score (nSPS) is 11.0. The molecule has 0 aliphatic carbocycles. The van der Waals surface area contributed by atoms with E-state index in [1.807, 2.05) is 6.07 Å². The lowest BCUT2D eigenvalue weighted by atomic mass is 10.3. The summed E-state index contributed by atoms with van der Waals surface area (Å²) < 4.78 is 24.7. The van der Waals surface area contributed by atoms with Gasteiger partial charge in [0, 0.05) is 32.9 Å². The number of benzene rings is 1. The lowest BCUT2D eigenvalue weighted by molar-refractivity contribution is -0.141. The average Bonchev–Trinajstić information content (AvgIpc) is 3.05. The Labute approximate surface area is 140 Å². The summed E-state index contributed by atoms with van der Waals surface area (Å²) in [5.41, 5.74) is 1.50. The smallest absolute Gasteiger partial charge is 0.306 e. The first-order valence-electron chi connectivity index (χ1n) is 7.71. The molecule has 0 aliphatic rings. The summed E-state index contributed by atoms with van der Waals surface area (Å²) in [4.78, 5) is 13.4. The van der Waals surface area contributed by atoms with Gasteiger partial charge in [-0.3, -0.25) is 9.69 Å². The summed E-state index contributed by atoms with van der Waals surface area (Å²) in [7, 11) is 3.01. The van der Waals surface area contributed by atoms with E-state index < -0.39 is 0 Å². The van der Waals surface area contributed by atoms with E-state index in [4.69, 9.17) is 4.74 Å². The molecule has 0 atom stereocenters. The molecule has 0 radical (unpaired) electrons. The second-order valence-corrected chi connectivity index (χ2v) is 5.33. The van der Waals surface area contributed by atoms with Crippen LogP contribution in [0.25, 0.3) is 5.69 Å². The van der Waals surface area contributed by atoms with Gasteiger partial charge in [0.05, 0.1) is 31.5 Å². The molecule has 2 rings (SSSR count). The summed E-state index contributed by atoms with van der Waals surface area (Å²) in [5.74, 6) is -0.549. The Morgan fingerprint density at radius 1 is 1.29 bits per heavy atom. The van der Waals surface area contributed by atoms with Crippen LogP contribution in [-0.4, -0.2) is 54.6 Å². The largest absolute Gasteiger partial charge is 0.469 e. The molecule has 130 valence electrons. The van der Waals surface area contributed by atoms with Crippen molar-refractivity contribution in [2.24, 2.45) is 0 Å². The molecule has 0 saturated heterocycles. The highest BCUT2D eigenvalue weighted by molar-refractivity contribution is 5.69. The van der Waals surface area contributed by atoms with E-state index >= 15 is 0 Å². The van der Waals surface area contributed by atoms with E-state index in [1.54, 1.807) is 30.1 Å². The third kappa shape index (κ3) is 5.43. The zero-order valence-corrected chi connectivity index (χ0v) is 13.9. The van der Waals surface area contributed by atoms with E-state index in [0.717, 1.165) is 5.69 Å². The topological polar surface area (TPSA) is 56.6 Å². The molecule has 0 unspecified atom stereocenters. The maximum atomic E-state index is 13.3. The van der Waals surface area contributed by atoms with Crippen molar-refractivity contribution in [3.8, 4) is 5.69 Å². The number of aromatic nitrogens is 2. The lowest BCUT2D eigenvalue weighted by Crippen LogP contribution is -2.29. The first-order chi connectivity index (χ1) is 11.6. The number of carbonyl (C=O) groups is 1. The molecule has 0 N–H and O–H groups in total. The van der Waals surface area contributed by atoms with Gasteiger partial charge in [-0.2, -0.15) is 5.10 Å². The summed E-state index contributed by atoms with van der Waals surface area (Å²) in [6.45, 7) is 2.37. The SMILES string of the molecule is COCCN(CCC(=O)OC)Cc1ccn(-c2cccc(F)c2)n1. The first kappa shape index (κ1) is 18.1. The Hall–Kier alpha value is -2.25. The van der Waals surface area contributed by atoms with Crippen molar-refractivity contribution in [3.63, 3.8) is 0 Å². The highest BCUT2D eigenvalue weighted by atomic mass is 19.1. The van der Waals surface area contributed by atoms with Gasteiger partial charge in [0.15, 0.2) is 0 Å². The second kappa shape index (κ2) is 9.14. The van der Waals surface area contributed by atoms with E-state index in [2.05, 4.69) is 14.7 Å². The van der Waals surface area contributed by atoms with Crippen LogP contribution in [0.15, 0.2) is 36.5 Å². The molecule has 24 heavy (non-hydrogen) atoms. The minimum Gasteiger partial charge on any atom is -0.469 e. The van der Waals surface area contributed by atoms with E-state index in [-0.39, 0.29) is 11.8 Å². The Morgan fingerprint density at radius 2 is 2.12 bits per heavy atom. The standard InChI is InChI=1S/C17H22FN3O3/c1-23-11-10-20(8-7-17(22)24-2)13-15-6-9-21(19-15)16-5-3-4-14(18)12-16/h3-6,9,12H,7-8,10-11,13H2,1-2H3. The lowest BCUT2D eigenvalue weighted by Gasteiger charge is -2.20. The number of rotatable bonds is 9. The Balaban J connectivity index is 2.01. The molecule has 0 amide bonds. The molecule has 2 aromatic rings. The summed E-state index contributed by atoms with van der Waals surface area (Å²) >= 11 is 0. The highest BCUT2D eigenvalue weighted by Crippen LogP contribution is 2.11. The Morgan fingerprint density at radius 3 is 2.83 bits per heavy atom. The van der Waals surface area contributed by atoms with Crippen LogP contribution in [0.5, 0.6) is 0 Å². The molecule has 1 heterocycles. The first-order valence-corrected chi connectivity index (χ1v) is 7.71. The van der Waals surface area contributed by atoms with E-state index in [0.29, 0.717) is 38.3 Å². The summed E-state index contributed by atoms with van der Waals surface area (Å²) in [5, 5.41) is 4.47. The number of carbonyl (C=O) groups excluding carboxylic acids is 1. The van der Waals surface area contributed by atoms with Crippen LogP contribution in [0.4, 0.5) is 4.39 Å². The van der Waals surface area contributed by atoms with Crippen molar-refractivity contribution >= 4 is 5.97 Å². The molecular formula is C17H22FN3O3. The van der Waals surface area contributed by atoms with Gasteiger partial charge >= 0.3 is 5.97 Å². The number of halogens is 1. The summed E-state index contributed by atoms with van der Waals surface area (Å²) in [6.07, 6.45) is 2.10. The van der Waals surface area contributed by atoms with Gasteiger partial charge in [-0.1, -0.05) is 6.07 Å². The molecule has 0 aliphatic heterocycles. The van der Waals surface area contributed by atoms with Crippen molar-refractivity contribution in [3.05, 3.63) is 48.0 Å². The van der Waals surface area contributed by atoms with Crippen LogP contribution in [0.1, 0.15) is 12.1 Å². The number of ether oxygens (including phenoxy) is 2. The molecule has 1 aromatic carbocycles. The monoisotopic (exact) mass is 335 g/mol. The molecule has 0 spiro atoms. The number of hydrogen-bond acceptors (Lipinski definition) is 5. The van der Waals surface area contributed by atoms with Gasteiger partial charge in [0.2, 0.25) is 0 Å². The maximum absolute atomic E-state index is 13.3. The number of hydrogen-bond donors (Lipinski definition) is 0. The van der Waals surface area contributed by atoms with Gasteiger partial charge < -0.3 is 9.47 Å². The van der Waals surface area contributed by atoms with Crippen LogP contribution >= 0.6 is 0 Å². The minimum atomic E-state index is -0.302. The molecule has 0 saturated carbocycles. The van der Waals surface area contributed by atoms with Crippen molar-refractivity contribution in [1.82, 2.24) is 14.7 Å². The van der Waals surface area contributed by atoms with Crippen LogP contribution in [0.3, 0.4) is 0 Å². The zero-order valence-electron chi connectivity index (χ0n) is 13.9. The van der Waals surface area contributed by atoms with Gasteiger partial charge in [-0.15, -0.1) is 0 Å². The van der Waals surface area contributed by atoms with Crippen LogP contribution in [0, 0.1) is 5.82 Å². The predicted octanol–water partition coefficient (Wildman–Crippen LogP) is 2.02. The molecule has 0 bridgehead atoms. The highest BCUT2D eigenvalue weighted by Gasteiger charge is 2.11. The van der Waals surface area contributed by atoms with Gasteiger partial charge in [-0.05, 0) is 24.3 Å². The van der Waals surface area contributed by atoms with Crippen LogP contribution in [-0.2, 0) is 20.8 Å². The average molecular weight is 335 g/mol. The molecule has 1 aromatic heterocycles. The number of methoxy groups -OCH3 is 2. The van der Waals surface area contributed by atoms with Crippen molar-refractivity contribution in [2.45, 2.75) is 13.0 Å². The predicted molar refractivity (Wildman–Crippen MR) is 87.3 cm³/mol. The fourth-order valence-electron chi connectivity index (χ4n) is 2.28. The van der Waals surface area contributed by atoms with Crippen LogP contribution in [0.2, 0.25) is 0 Å². The Kier molecular flexibility index (Phi) is 6.89. The van der Waals surface area contributed by atoms with E-state index in [1.165, 1.54) is 19.2 Å². The second-order valence-electron chi connectivity index (χ2n) is 5.33. The zero-order chi connectivity index (χ0) is 17.4. The minimum absolute atomic E-state index is 0.247. The van der Waals surface area contributed by atoms with Crippen molar-refractivity contribution in [1.29, 1.82) is 0 Å². The molecular weight excluding hydrogens is 313 g/mol. The fraction of sp³-hybridized carbons (Fsp3) is 0.412. The third-order valence-corrected chi connectivity index (χ3v) is 3.57. The van der Waals surface area contributed by atoms with Crippen LogP contribution < -0.4 is 0 Å². The van der Waals surface area contributed by atoms with Crippen molar-refractivity contribution < 1.29 is 18.7 Å². The molecule has 0 fully saturated rings. The fourth-order valence-corrected chi connectivity index (χ4v) is 2.28.